The van der Waals surface area contributed by atoms with Crippen molar-refractivity contribution in [3.05, 3.63) is 18.5 Å². The van der Waals surface area contributed by atoms with Gasteiger partial charge in [0.25, 0.3) is 0 Å². The van der Waals surface area contributed by atoms with E-state index >= 15 is 0 Å². The molecule has 1 aromatic heterocycles. The second-order valence-electron chi connectivity index (χ2n) is 3.73. The highest BCUT2D eigenvalue weighted by Gasteiger charge is 2.28. The number of carboxylic acids is 1. The van der Waals surface area contributed by atoms with Gasteiger partial charge < -0.3 is 10.1 Å². The average Bonchev–Trinajstić information content (AvgIpc) is 2.78. The molecule has 0 aliphatic rings. The van der Waals surface area contributed by atoms with E-state index in [1.807, 2.05) is 0 Å². The zero-order chi connectivity index (χ0) is 13.1. The first kappa shape index (κ1) is 13.7. The topological polar surface area (TPSA) is 90.5 Å². The van der Waals surface area contributed by atoms with Crippen LogP contribution in [0, 0.1) is 0 Å². The summed E-state index contributed by atoms with van der Waals surface area (Å²) in [5, 5.41) is 8.73. The second-order valence-corrected chi connectivity index (χ2v) is 5.73. The molecule has 0 aromatic carbocycles. The molecular formula is C10H16N2O4S. The number of carbonyl (C=O) groups is 1. The third-order valence-electron chi connectivity index (χ3n) is 2.64. The highest BCUT2D eigenvalue weighted by molar-refractivity contribution is 7.89. The molecule has 0 aliphatic heterocycles. The van der Waals surface area contributed by atoms with Crippen LogP contribution in [-0.2, 0) is 14.8 Å². The maximum atomic E-state index is 12.1. The lowest BCUT2D eigenvalue weighted by molar-refractivity contribution is -0.137. The molecule has 0 saturated heterocycles. The highest BCUT2D eigenvalue weighted by Crippen LogP contribution is 2.18. The molecule has 0 fully saturated rings. The Kier molecular flexibility index (Phi) is 4.30. The van der Waals surface area contributed by atoms with Crippen molar-refractivity contribution in [1.82, 2.24) is 9.29 Å². The summed E-state index contributed by atoms with van der Waals surface area (Å²) in [6.45, 7) is 1.76. The first-order valence-corrected chi connectivity index (χ1v) is 6.66. The molecule has 1 rings (SSSR count). The third kappa shape index (κ3) is 3.07. The van der Waals surface area contributed by atoms with E-state index in [4.69, 9.17) is 5.11 Å². The Bertz CT molecular complexity index is 467. The summed E-state index contributed by atoms with van der Waals surface area (Å²) in [6, 6.07) is 0.909. The Labute approximate surface area is 100 Å². The van der Waals surface area contributed by atoms with Gasteiger partial charge in [-0.2, -0.15) is 4.31 Å². The zero-order valence-electron chi connectivity index (χ0n) is 9.75. The Morgan fingerprint density at radius 1 is 1.59 bits per heavy atom. The Morgan fingerprint density at radius 3 is 2.65 bits per heavy atom. The van der Waals surface area contributed by atoms with E-state index in [9.17, 15) is 13.2 Å². The van der Waals surface area contributed by atoms with Gasteiger partial charge in [-0.25, -0.2) is 8.42 Å². The predicted octanol–water partition coefficient (Wildman–Crippen LogP) is 0.889. The van der Waals surface area contributed by atoms with Crippen molar-refractivity contribution >= 4 is 16.0 Å². The minimum absolute atomic E-state index is 0.142. The summed E-state index contributed by atoms with van der Waals surface area (Å²) in [4.78, 5) is 13.5. The molecule has 2 N–H and O–H groups in total. The lowest BCUT2D eigenvalue weighted by Gasteiger charge is -2.24. The summed E-state index contributed by atoms with van der Waals surface area (Å²) in [6.07, 6.45) is 3.14. The molecule has 1 aromatic rings. The monoisotopic (exact) mass is 260 g/mol. The molecule has 0 saturated carbocycles. The normalized spacial score (nSPS) is 13.8. The van der Waals surface area contributed by atoms with Crippen LogP contribution in [0.3, 0.4) is 0 Å². The molecule has 1 heterocycles. The molecule has 6 nitrogen and oxygen atoms in total. The van der Waals surface area contributed by atoms with Crippen LogP contribution < -0.4 is 0 Å². The number of hydrogen-bond donors (Lipinski definition) is 2. The molecule has 1 unspecified atom stereocenters. The summed E-state index contributed by atoms with van der Waals surface area (Å²) in [7, 11) is -2.21. The maximum absolute atomic E-state index is 12.1. The summed E-state index contributed by atoms with van der Waals surface area (Å²) >= 11 is 0. The number of rotatable bonds is 6. The van der Waals surface area contributed by atoms with Crippen LogP contribution in [0.25, 0.3) is 0 Å². The van der Waals surface area contributed by atoms with Gasteiger partial charge in [0.2, 0.25) is 10.0 Å². The lowest BCUT2D eigenvalue weighted by atomic mass is 10.1. The lowest BCUT2D eigenvalue weighted by Crippen LogP contribution is -2.37. The van der Waals surface area contributed by atoms with Crippen LogP contribution in [-0.4, -0.2) is 41.9 Å². The fourth-order valence-electron chi connectivity index (χ4n) is 1.56. The van der Waals surface area contributed by atoms with E-state index in [1.54, 1.807) is 6.92 Å². The van der Waals surface area contributed by atoms with Crippen LogP contribution in [0.15, 0.2) is 23.4 Å². The van der Waals surface area contributed by atoms with Crippen molar-refractivity contribution < 1.29 is 18.3 Å². The SMILES string of the molecule is CCC(CC(=O)O)N(C)S(=O)(=O)c1cc[nH]c1. The number of nitrogens with one attached hydrogen (secondary N) is 1. The summed E-state index contributed by atoms with van der Waals surface area (Å²) < 4.78 is 25.3. The first-order chi connectivity index (χ1) is 7.89. The van der Waals surface area contributed by atoms with E-state index in [0.717, 1.165) is 4.31 Å². The number of nitrogens with zero attached hydrogens (tertiary/aromatic N) is 1. The second kappa shape index (κ2) is 5.33. The van der Waals surface area contributed by atoms with Crippen molar-refractivity contribution in [2.75, 3.05) is 7.05 Å². The Balaban J connectivity index is 2.95. The fourth-order valence-corrected chi connectivity index (χ4v) is 2.97. The molecule has 0 aliphatic carbocycles. The van der Waals surface area contributed by atoms with Crippen molar-refractivity contribution in [1.29, 1.82) is 0 Å². The van der Waals surface area contributed by atoms with Crippen molar-refractivity contribution in [3.63, 3.8) is 0 Å². The first-order valence-electron chi connectivity index (χ1n) is 5.22. The third-order valence-corrected chi connectivity index (χ3v) is 4.55. The number of aromatic amines is 1. The minimum Gasteiger partial charge on any atom is -0.481 e. The Hall–Kier alpha value is -1.34. The maximum Gasteiger partial charge on any atom is 0.304 e. The van der Waals surface area contributed by atoms with Gasteiger partial charge in [0, 0.05) is 25.5 Å². The van der Waals surface area contributed by atoms with Crippen LogP contribution in [0.5, 0.6) is 0 Å². The molecule has 0 radical (unpaired) electrons. The number of aromatic nitrogens is 1. The van der Waals surface area contributed by atoms with Gasteiger partial charge in [0.15, 0.2) is 0 Å². The molecule has 96 valence electrons. The molecular weight excluding hydrogens is 244 g/mol. The van der Waals surface area contributed by atoms with E-state index in [0.29, 0.717) is 6.42 Å². The van der Waals surface area contributed by atoms with E-state index in [-0.39, 0.29) is 11.3 Å². The van der Waals surface area contributed by atoms with Gasteiger partial charge in [0.05, 0.1) is 11.3 Å². The van der Waals surface area contributed by atoms with Gasteiger partial charge in [-0.05, 0) is 12.5 Å². The van der Waals surface area contributed by atoms with E-state index in [1.165, 1.54) is 25.5 Å². The van der Waals surface area contributed by atoms with Crippen molar-refractivity contribution in [3.8, 4) is 0 Å². The number of sulfonamides is 1. The summed E-state index contributed by atoms with van der Waals surface area (Å²) in [5.74, 6) is -1.01. The highest BCUT2D eigenvalue weighted by atomic mass is 32.2. The molecule has 1 atom stereocenters. The number of aliphatic carboxylic acids is 1. The minimum atomic E-state index is -3.61. The number of carboxylic acid groups (broad SMARTS) is 1. The average molecular weight is 260 g/mol. The quantitative estimate of drug-likeness (QED) is 0.794. The van der Waals surface area contributed by atoms with Crippen molar-refractivity contribution in [2.24, 2.45) is 0 Å². The van der Waals surface area contributed by atoms with Crippen LogP contribution in [0.4, 0.5) is 0 Å². The van der Waals surface area contributed by atoms with Crippen molar-refractivity contribution in [2.45, 2.75) is 30.7 Å². The van der Waals surface area contributed by atoms with Gasteiger partial charge >= 0.3 is 5.97 Å². The van der Waals surface area contributed by atoms with Gasteiger partial charge in [0.1, 0.15) is 0 Å². The van der Waals surface area contributed by atoms with Gasteiger partial charge in [-0.3, -0.25) is 4.79 Å². The standard InChI is InChI=1S/C10H16N2O4S/c1-3-8(6-10(13)14)12(2)17(15,16)9-4-5-11-7-9/h4-5,7-8,11H,3,6H2,1-2H3,(H,13,14). The largest absolute Gasteiger partial charge is 0.481 e. The molecule has 0 bridgehead atoms. The number of hydrogen-bond acceptors (Lipinski definition) is 3. The van der Waals surface area contributed by atoms with E-state index in [2.05, 4.69) is 4.98 Å². The van der Waals surface area contributed by atoms with Gasteiger partial charge in [-0.1, -0.05) is 6.92 Å². The fraction of sp³-hybridized carbons (Fsp3) is 0.500. The molecule has 7 heteroatoms. The van der Waals surface area contributed by atoms with Crippen LogP contribution in [0.2, 0.25) is 0 Å². The molecule has 0 amide bonds. The van der Waals surface area contributed by atoms with Crippen LogP contribution >= 0.6 is 0 Å². The smallest absolute Gasteiger partial charge is 0.304 e. The number of H-pyrrole nitrogens is 1. The van der Waals surface area contributed by atoms with E-state index < -0.39 is 22.0 Å². The summed E-state index contributed by atoms with van der Waals surface area (Å²) in [5.41, 5.74) is 0. The molecule has 0 spiro atoms. The van der Waals surface area contributed by atoms with Crippen LogP contribution in [0.1, 0.15) is 19.8 Å². The molecule has 17 heavy (non-hydrogen) atoms. The zero-order valence-corrected chi connectivity index (χ0v) is 10.6. The van der Waals surface area contributed by atoms with Gasteiger partial charge in [-0.15, -0.1) is 0 Å². The Morgan fingerprint density at radius 2 is 2.24 bits per heavy atom. The predicted molar refractivity (Wildman–Crippen MR) is 62.1 cm³/mol.